The molecular formula is C26H24N4O5. The molecule has 4 rings (SSSR count). The van der Waals surface area contributed by atoms with Crippen LogP contribution in [0.5, 0.6) is 0 Å². The topological polar surface area (TPSA) is 116 Å². The molecule has 0 fully saturated rings. The molecule has 0 spiro atoms. The number of hydrogen-bond acceptors (Lipinski definition) is 5. The summed E-state index contributed by atoms with van der Waals surface area (Å²) in [4.78, 5) is 50.0. The highest BCUT2D eigenvalue weighted by Gasteiger charge is 2.37. The van der Waals surface area contributed by atoms with Gasteiger partial charge in [-0.25, -0.2) is 0 Å². The summed E-state index contributed by atoms with van der Waals surface area (Å²) < 4.78 is 3.09. The van der Waals surface area contributed by atoms with E-state index in [0.717, 1.165) is 0 Å². The minimum absolute atomic E-state index is 0.0891. The lowest BCUT2D eigenvalue weighted by Gasteiger charge is -2.18. The van der Waals surface area contributed by atoms with E-state index in [0.29, 0.717) is 33.3 Å². The van der Waals surface area contributed by atoms with E-state index < -0.39 is 22.2 Å². The van der Waals surface area contributed by atoms with Crippen molar-refractivity contribution in [2.75, 3.05) is 0 Å². The van der Waals surface area contributed by atoms with Crippen LogP contribution in [0.25, 0.3) is 34.2 Å². The summed E-state index contributed by atoms with van der Waals surface area (Å²) in [5.74, 6) is -1.42. The number of aryl methyl sites for hydroxylation is 1. The number of nitrogens with one attached hydrogen (secondary N) is 1. The number of fused-ring (bicyclic) bond motifs is 1. The van der Waals surface area contributed by atoms with Crippen LogP contribution in [0.15, 0.2) is 43.8 Å². The first kappa shape index (κ1) is 23.6. The molecule has 1 aliphatic heterocycles. The summed E-state index contributed by atoms with van der Waals surface area (Å²) >= 11 is 0. The standard InChI is InChI=1S/C26H24N4O5/c1-7-15-18(13-29(19(15)8-2)25(33)26(3,4)5)22-21(23(31)27-24(22)32)17-12-28(6)20-11-14(30(34)35)9-10-16(17)20/h7-13H,1-2H2,3-6H3,(H,27,31,32). The number of amides is 2. The molecular weight excluding hydrogens is 448 g/mol. The summed E-state index contributed by atoms with van der Waals surface area (Å²) in [7, 11) is 1.70. The third kappa shape index (κ3) is 3.61. The van der Waals surface area contributed by atoms with Crippen LogP contribution in [0.3, 0.4) is 0 Å². The molecule has 3 heterocycles. The SMILES string of the molecule is C=Cc1c(C2=C(c3cn(C)c4cc([N+](=O)[O-])ccc34)C(=O)NC2=O)cn(C(=O)C(C)(C)C)c1C=C. The number of nitro benzene ring substituents is 1. The summed E-state index contributed by atoms with van der Waals surface area (Å²) in [6.45, 7) is 13.0. The Morgan fingerprint density at radius 3 is 2.23 bits per heavy atom. The number of nitro groups is 1. The molecule has 178 valence electrons. The van der Waals surface area contributed by atoms with Crippen LogP contribution in [0.2, 0.25) is 0 Å². The first-order valence-corrected chi connectivity index (χ1v) is 10.8. The number of carbonyl (C=O) groups is 3. The second kappa shape index (κ2) is 8.05. The lowest BCUT2D eigenvalue weighted by Crippen LogP contribution is -2.27. The zero-order valence-corrected chi connectivity index (χ0v) is 19.8. The van der Waals surface area contributed by atoms with Gasteiger partial charge in [0.25, 0.3) is 17.5 Å². The number of aromatic nitrogens is 2. The molecule has 1 aromatic carbocycles. The number of carbonyl (C=O) groups excluding carboxylic acids is 3. The van der Waals surface area contributed by atoms with Gasteiger partial charge in [0.05, 0.1) is 27.3 Å². The molecule has 1 N–H and O–H groups in total. The Balaban J connectivity index is 2.06. The van der Waals surface area contributed by atoms with Gasteiger partial charge >= 0.3 is 0 Å². The van der Waals surface area contributed by atoms with Gasteiger partial charge in [-0.15, -0.1) is 0 Å². The van der Waals surface area contributed by atoms with Crippen LogP contribution in [0.4, 0.5) is 5.69 Å². The second-order valence-corrected chi connectivity index (χ2v) is 9.32. The molecule has 1 aliphatic rings. The molecule has 0 bridgehead atoms. The zero-order valence-electron chi connectivity index (χ0n) is 19.8. The number of imide groups is 1. The zero-order chi connectivity index (χ0) is 25.8. The molecule has 0 saturated heterocycles. The molecule has 0 unspecified atom stereocenters. The summed E-state index contributed by atoms with van der Waals surface area (Å²) in [6.07, 6.45) is 6.22. The second-order valence-electron chi connectivity index (χ2n) is 9.32. The fourth-order valence-corrected chi connectivity index (χ4v) is 4.34. The highest BCUT2D eigenvalue weighted by molar-refractivity contribution is 6.50. The third-order valence-corrected chi connectivity index (χ3v) is 6.00. The highest BCUT2D eigenvalue weighted by Crippen LogP contribution is 2.39. The van der Waals surface area contributed by atoms with Crippen molar-refractivity contribution in [2.45, 2.75) is 20.8 Å². The van der Waals surface area contributed by atoms with Crippen molar-refractivity contribution in [3.05, 3.63) is 76.2 Å². The van der Waals surface area contributed by atoms with Crippen molar-refractivity contribution in [3.63, 3.8) is 0 Å². The maximum absolute atomic E-state index is 13.1. The average molecular weight is 473 g/mol. The summed E-state index contributed by atoms with van der Waals surface area (Å²) in [5, 5.41) is 14.2. The molecule has 0 radical (unpaired) electrons. The monoisotopic (exact) mass is 472 g/mol. The van der Waals surface area contributed by atoms with Gasteiger partial charge in [0.1, 0.15) is 0 Å². The number of nitrogens with zero attached hydrogens (tertiary/aromatic N) is 3. The van der Waals surface area contributed by atoms with Crippen molar-refractivity contribution < 1.29 is 19.3 Å². The molecule has 9 nitrogen and oxygen atoms in total. The highest BCUT2D eigenvalue weighted by atomic mass is 16.6. The Morgan fingerprint density at radius 1 is 1.06 bits per heavy atom. The predicted octanol–water partition coefficient (Wildman–Crippen LogP) is 4.43. The Hall–Kier alpha value is -4.53. The van der Waals surface area contributed by atoms with Crippen LogP contribution in [0, 0.1) is 15.5 Å². The molecule has 0 aliphatic carbocycles. The number of non-ortho nitro benzene ring substituents is 1. The Bertz CT molecular complexity index is 1530. The van der Waals surface area contributed by atoms with E-state index in [1.54, 1.807) is 44.6 Å². The summed E-state index contributed by atoms with van der Waals surface area (Å²) in [5.41, 5.74) is 1.70. The van der Waals surface area contributed by atoms with E-state index in [-0.39, 0.29) is 22.7 Å². The van der Waals surface area contributed by atoms with Crippen molar-refractivity contribution in [1.82, 2.24) is 14.5 Å². The fourth-order valence-electron chi connectivity index (χ4n) is 4.34. The van der Waals surface area contributed by atoms with Crippen molar-refractivity contribution in [1.29, 1.82) is 0 Å². The van der Waals surface area contributed by atoms with Crippen molar-refractivity contribution in [2.24, 2.45) is 12.5 Å². The van der Waals surface area contributed by atoms with Gasteiger partial charge in [0.15, 0.2) is 0 Å². The van der Waals surface area contributed by atoms with Gasteiger partial charge in [0.2, 0.25) is 5.91 Å². The third-order valence-electron chi connectivity index (χ3n) is 6.00. The van der Waals surface area contributed by atoms with E-state index >= 15 is 0 Å². The smallest absolute Gasteiger partial charge is 0.271 e. The minimum Gasteiger partial charge on any atom is -0.350 e. The maximum Gasteiger partial charge on any atom is 0.271 e. The number of benzene rings is 1. The quantitative estimate of drug-likeness (QED) is 0.335. The van der Waals surface area contributed by atoms with Gasteiger partial charge < -0.3 is 4.57 Å². The van der Waals surface area contributed by atoms with Crippen LogP contribution in [-0.4, -0.2) is 31.8 Å². The predicted molar refractivity (Wildman–Crippen MR) is 134 cm³/mol. The van der Waals surface area contributed by atoms with E-state index in [1.165, 1.54) is 35.0 Å². The molecule has 2 aromatic heterocycles. The number of rotatable bonds is 5. The summed E-state index contributed by atoms with van der Waals surface area (Å²) in [6, 6.07) is 4.32. The van der Waals surface area contributed by atoms with E-state index in [1.807, 2.05) is 0 Å². The van der Waals surface area contributed by atoms with E-state index in [2.05, 4.69) is 18.5 Å². The van der Waals surface area contributed by atoms with Crippen molar-refractivity contribution >= 4 is 57.6 Å². The van der Waals surface area contributed by atoms with Gasteiger partial charge in [-0.3, -0.25) is 34.4 Å². The molecule has 3 aromatic rings. The van der Waals surface area contributed by atoms with E-state index in [9.17, 15) is 24.5 Å². The first-order chi connectivity index (χ1) is 16.4. The molecule has 35 heavy (non-hydrogen) atoms. The Kier molecular flexibility index (Phi) is 5.43. The fraction of sp³-hybridized carbons (Fsp3) is 0.192. The average Bonchev–Trinajstić information content (AvgIpc) is 3.41. The van der Waals surface area contributed by atoms with Crippen LogP contribution in [-0.2, 0) is 16.6 Å². The van der Waals surface area contributed by atoms with Crippen LogP contribution < -0.4 is 5.32 Å². The molecule has 0 atom stereocenters. The normalized spacial score (nSPS) is 13.9. The number of hydrogen-bond donors (Lipinski definition) is 1. The molecule has 0 saturated carbocycles. The Morgan fingerprint density at radius 2 is 1.69 bits per heavy atom. The lowest BCUT2D eigenvalue weighted by atomic mass is 9.94. The van der Waals surface area contributed by atoms with Gasteiger partial charge in [-0.2, -0.15) is 0 Å². The first-order valence-electron chi connectivity index (χ1n) is 10.8. The Labute approximate surface area is 201 Å². The van der Waals surface area contributed by atoms with Gasteiger partial charge in [0, 0.05) is 59.1 Å². The van der Waals surface area contributed by atoms with Gasteiger partial charge in [-0.05, 0) is 12.1 Å². The van der Waals surface area contributed by atoms with Gasteiger partial charge in [-0.1, -0.05) is 40.0 Å². The minimum atomic E-state index is -0.720. The largest absolute Gasteiger partial charge is 0.350 e. The van der Waals surface area contributed by atoms with Crippen molar-refractivity contribution in [3.8, 4) is 0 Å². The molecule has 2 amide bonds. The van der Waals surface area contributed by atoms with E-state index in [4.69, 9.17) is 0 Å². The molecule has 9 heteroatoms. The van der Waals surface area contributed by atoms with Crippen LogP contribution >= 0.6 is 0 Å². The lowest BCUT2D eigenvalue weighted by molar-refractivity contribution is -0.384. The maximum atomic E-state index is 13.1. The van der Waals surface area contributed by atoms with Crippen LogP contribution in [0.1, 0.15) is 48.0 Å².